The van der Waals surface area contributed by atoms with Crippen molar-refractivity contribution < 1.29 is 0 Å². The van der Waals surface area contributed by atoms with Gasteiger partial charge in [-0.1, -0.05) is 58.8 Å². The number of hydrogen-bond acceptors (Lipinski definition) is 2. The highest BCUT2D eigenvalue weighted by molar-refractivity contribution is 7.15. The molecule has 1 unspecified atom stereocenters. The molecule has 3 heteroatoms. The van der Waals surface area contributed by atoms with E-state index in [1.165, 1.54) is 63.5 Å². The first-order valence-electron chi connectivity index (χ1n) is 8.27. The molecule has 0 saturated carbocycles. The van der Waals surface area contributed by atoms with Gasteiger partial charge in [0.05, 0.1) is 5.69 Å². The molecule has 2 rings (SSSR count). The molecule has 20 heavy (non-hydrogen) atoms. The minimum Gasteiger partial charge on any atom is -0.297 e. The van der Waals surface area contributed by atoms with Gasteiger partial charge in [-0.3, -0.25) is 4.40 Å². The van der Waals surface area contributed by atoms with Gasteiger partial charge in [-0.15, -0.1) is 11.3 Å². The van der Waals surface area contributed by atoms with Crippen LogP contribution >= 0.6 is 11.3 Å². The third kappa shape index (κ3) is 4.34. The first-order valence-corrected chi connectivity index (χ1v) is 9.15. The Morgan fingerprint density at radius 1 is 1.05 bits per heavy atom. The van der Waals surface area contributed by atoms with E-state index in [1.54, 1.807) is 11.3 Å². The minimum absolute atomic E-state index is 0.672. The van der Waals surface area contributed by atoms with Crippen molar-refractivity contribution in [3.8, 4) is 0 Å². The van der Waals surface area contributed by atoms with Crippen LogP contribution in [0.15, 0.2) is 17.8 Å². The summed E-state index contributed by atoms with van der Waals surface area (Å²) in [4.78, 5) is 5.98. The second-order valence-corrected chi connectivity index (χ2v) is 6.67. The minimum atomic E-state index is 0.672. The fourth-order valence-corrected chi connectivity index (χ4v) is 3.55. The first-order chi connectivity index (χ1) is 9.85. The van der Waals surface area contributed by atoms with Gasteiger partial charge in [-0.2, -0.15) is 0 Å². The van der Waals surface area contributed by atoms with Crippen molar-refractivity contribution in [2.75, 3.05) is 0 Å². The third-order valence-electron chi connectivity index (χ3n) is 4.09. The lowest BCUT2D eigenvalue weighted by molar-refractivity contribution is 0.494. The molecule has 112 valence electrons. The van der Waals surface area contributed by atoms with Crippen molar-refractivity contribution in [1.82, 2.24) is 9.38 Å². The Balaban J connectivity index is 1.94. The summed E-state index contributed by atoms with van der Waals surface area (Å²) in [6, 6.07) is 0. The van der Waals surface area contributed by atoms with Crippen LogP contribution in [-0.2, 0) is 0 Å². The molecule has 0 aromatic carbocycles. The molecule has 2 nitrogen and oxygen atoms in total. The molecule has 0 fully saturated rings. The molecule has 2 aromatic rings. The van der Waals surface area contributed by atoms with E-state index in [0.717, 1.165) is 4.96 Å². The van der Waals surface area contributed by atoms with Crippen LogP contribution in [-0.4, -0.2) is 9.38 Å². The van der Waals surface area contributed by atoms with Crippen LogP contribution in [0.4, 0.5) is 0 Å². The van der Waals surface area contributed by atoms with Crippen LogP contribution in [0.25, 0.3) is 4.96 Å². The summed E-state index contributed by atoms with van der Waals surface area (Å²) in [5.41, 5.74) is 1.32. The number of fused-ring (bicyclic) bond motifs is 1. The maximum Gasteiger partial charge on any atom is 0.193 e. The molecule has 0 spiro atoms. The molecule has 0 aliphatic heterocycles. The Labute approximate surface area is 127 Å². The van der Waals surface area contributed by atoms with Gasteiger partial charge in [-0.25, -0.2) is 4.98 Å². The second kappa shape index (κ2) is 8.46. The highest BCUT2D eigenvalue weighted by Gasteiger charge is 2.15. The summed E-state index contributed by atoms with van der Waals surface area (Å²) in [5, 5.41) is 2.11. The topological polar surface area (TPSA) is 17.3 Å². The van der Waals surface area contributed by atoms with Crippen LogP contribution in [0, 0.1) is 0 Å². The standard InChI is InChI=1S/C17H28N2S/c1-3-5-7-9-11-15(10-8-6-4-2)16-14-19-12-13-20-17(19)18-16/h12-15H,3-11H2,1-2H3. The van der Waals surface area contributed by atoms with Crippen LogP contribution in [0.5, 0.6) is 0 Å². The van der Waals surface area contributed by atoms with E-state index in [9.17, 15) is 0 Å². The van der Waals surface area contributed by atoms with E-state index in [-0.39, 0.29) is 0 Å². The predicted molar refractivity (Wildman–Crippen MR) is 88.7 cm³/mol. The van der Waals surface area contributed by atoms with E-state index in [1.807, 2.05) is 0 Å². The number of thiazole rings is 1. The average molecular weight is 292 g/mol. The number of unbranched alkanes of at least 4 members (excludes halogenated alkanes) is 5. The number of hydrogen-bond donors (Lipinski definition) is 0. The van der Waals surface area contributed by atoms with Gasteiger partial charge in [0.2, 0.25) is 0 Å². The monoisotopic (exact) mass is 292 g/mol. The second-order valence-electron chi connectivity index (χ2n) is 5.80. The summed E-state index contributed by atoms with van der Waals surface area (Å²) in [6.45, 7) is 4.56. The maximum atomic E-state index is 4.83. The molecule has 2 heterocycles. The molecule has 0 aliphatic rings. The highest BCUT2D eigenvalue weighted by atomic mass is 32.1. The summed E-state index contributed by atoms with van der Waals surface area (Å²) in [6.07, 6.45) is 16.4. The van der Waals surface area contributed by atoms with Crippen molar-refractivity contribution in [3.05, 3.63) is 23.5 Å². The molecule has 0 bridgehead atoms. The SMILES string of the molecule is CCCCCCC(CCCCC)c1cn2ccsc2n1. The Morgan fingerprint density at radius 3 is 2.45 bits per heavy atom. The van der Waals surface area contributed by atoms with Gasteiger partial charge in [0.15, 0.2) is 4.96 Å². The number of nitrogens with zero attached hydrogens (tertiary/aromatic N) is 2. The van der Waals surface area contributed by atoms with Gasteiger partial charge in [0.1, 0.15) is 0 Å². The molecule has 0 amide bonds. The molecule has 2 aromatic heterocycles. The molecule has 0 saturated heterocycles. The van der Waals surface area contributed by atoms with Crippen LogP contribution in [0.2, 0.25) is 0 Å². The largest absolute Gasteiger partial charge is 0.297 e. The summed E-state index contributed by atoms with van der Waals surface area (Å²) in [5.74, 6) is 0.672. The summed E-state index contributed by atoms with van der Waals surface area (Å²) < 4.78 is 2.18. The van der Waals surface area contributed by atoms with E-state index < -0.39 is 0 Å². The zero-order valence-electron chi connectivity index (χ0n) is 13.0. The van der Waals surface area contributed by atoms with Crippen molar-refractivity contribution in [2.45, 2.75) is 77.6 Å². The lowest BCUT2D eigenvalue weighted by Crippen LogP contribution is -2.00. The summed E-state index contributed by atoms with van der Waals surface area (Å²) in [7, 11) is 0. The van der Waals surface area contributed by atoms with Crippen LogP contribution < -0.4 is 0 Å². The van der Waals surface area contributed by atoms with E-state index >= 15 is 0 Å². The Morgan fingerprint density at radius 2 is 1.75 bits per heavy atom. The smallest absolute Gasteiger partial charge is 0.193 e. The van der Waals surface area contributed by atoms with Crippen molar-refractivity contribution >= 4 is 16.3 Å². The molecule has 0 aliphatic carbocycles. The number of rotatable bonds is 10. The Hall–Kier alpha value is -0.830. The fraction of sp³-hybridized carbons (Fsp3) is 0.706. The van der Waals surface area contributed by atoms with Crippen LogP contribution in [0.3, 0.4) is 0 Å². The highest BCUT2D eigenvalue weighted by Crippen LogP contribution is 2.28. The molecule has 0 N–H and O–H groups in total. The maximum absolute atomic E-state index is 4.83. The van der Waals surface area contributed by atoms with Gasteiger partial charge in [0.25, 0.3) is 0 Å². The van der Waals surface area contributed by atoms with Gasteiger partial charge in [-0.05, 0) is 12.8 Å². The zero-order chi connectivity index (χ0) is 14.2. The summed E-state index contributed by atoms with van der Waals surface area (Å²) >= 11 is 1.74. The predicted octanol–water partition coefficient (Wildman–Crippen LogP) is 6.03. The lowest BCUT2D eigenvalue weighted by Gasteiger charge is -2.14. The van der Waals surface area contributed by atoms with Gasteiger partial charge < -0.3 is 0 Å². The van der Waals surface area contributed by atoms with Gasteiger partial charge >= 0.3 is 0 Å². The van der Waals surface area contributed by atoms with E-state index in [0.29, 0.717) is 5.92 Å². The Kier molecular flexibility index (Phi) is 6.58. The molecule has 1 atom stereocenters. The average Bonchev–Trinajstić information content (AvgIpc) is 3.02. The third-order valence-corrected chi connectivity index (χ3v) is 4.86. The van der Waals surface area contributed by atoms with Gasteiger partial charge in [0, 0.05) is 23.7 Å². The Bertz CT molecular complexity index is 457. The normalized spacial score (nSPS) is 13.1. The van der Waals surface area contributed by atoms with E-state index in [4.69, 9.17) is 4.98 Å². The molecular formula is C17H28N2S. The number of aromatic nitrogens is 2. The van der Waals surface area contributed by atoms with Crippen molar-refractivity contribution in [2.24, 2.45) is 0 Å². The first kappa shape index (κ1) is 15.6. The zero-order valence-corrected chi connectivity index (χ0v) is 13.8. The van der Waals surface area contributed by atoms with Crippen molar-refractivity contribution in [3.63, 3.8) is 0 Å². The van der Waals surface area contributed by atoms with Crippen molar-refractivity contribution in [1.29, 1.82) is 0 Å². The van der Waals surface area contributed by atoms with Crippen LogP contribution in [0.1, 0.15) is 83.2 Å². The number of imidazole rings is 1. The van der Waals surface area contributed by atoms with E-state index in [2.05, 4.69) is 36.0 Å². The molecular weight excluding hydrogens is 264 g/mol. The quantitative estimate of drug-likeness (QED) is 0.489. The fourth-order valence-electron chi connectivity index (χ4n) is 2.84. The molecule has 0 radical (unpaired) electrons. The lowest BCUT2D eigenvalue weighted by atomic mass is 9.92.